The highest BCUT2D eigenvalue weighted by molar-refractivity contribution is 6.30. The number of piperidine rings is 1. The second kappa shape index (κ2) is 15.1. The Kier molecular flexibility index (Phi) is 12.3. The maximum absolute atomic E-state index is 6.28. The first-order valence-electron chi connectivity index (χ1n) is 13.6. The summed E-state index contributed by atoms with van der Waals surface area (Å²) in [6, 6.07) is 23.8. The van der Waals surface area contributed by atoms with E-state index in [0.29, 0.717) is 0 Å². The molecule has 2 aliphatic rings. The van der Waals surface area contributed by atoms with Gasteiger partial charge in [-0.05, 0) is 117 Å². The van der Waals surface area contributed by atoms with E-state index in [4.69, 9.17) is 16.3 Å². The van der Waals surface area contributed by atoms with E-state index in [2.05, 4.69) is 71.3 Å². The molecule has 3 nitrogen and oxygen atoms in total. The predicted octanol–water partition coefficient (Wildman–Crippen LogP) is 8.12. The van der Waals surface area contributed by atoms with Crippen molar-refractivity contribution in [1.29, 1.82) is 0 Å². The second-order valence-electron chi connectivity index (χ2n) is 10.7. The number of nitrogens with zero attached hydrogens (tertiary/aromatic N) is 2. The lowest BCUT2D eigenvalue weighted by atomic mass is 9.93. The molecule has 0 saturated carbocycles. The molecule has 1 saturated heterocycles. The lowest BCUT2D eigenvalue weighted by Crippen LogP contribution is -2.33. The molecule has 0 aliphatic carbocycles. The quantitative estimate of drug-likeness (QED) is 0.270. The zero-order valence-corrected chi connectivity index (χ0v) is 24.8. The third-order valence-electron chi connectivity index (χ3n) is 7.94. The van der Waals surface area contributed by atoms with Crippen LogP contribution in [0.2, 0.25) is 5.02 Å². The fraction of sp³-hybridized carbons (Fsp3) is 0.438. The fourth-order valence-electron chi connectivity index (χ4n) is 5.73. The van der Waals surface area contributed by atoms with E-state index in [1.807, 2.05) is 12.1 Å². The van der Waals surface area contributed by atoms with E-state index in [0.717, 1.165) is 75.4 Å². The average Bonchev–Trinajstić information content (AvgIpc) is 3.08. The Balaban J connectivity index is 0.00000200. The first kappa shape index (κ1) is 30.8. The van der Waals surface area contributed by atoms with Gasteiger partial charge in [0.1, 0.15) is 5.75 Å². The van der Waals surface area contributed by atoms with E-state index < -0.39 is 0 Å². The molecule has 0 aromatic heterocycles. The monoisotopic (exact) mass is 574 g/mol. The molecule has 1 fully saturated rings. The Hall–Kier alpha value is -1.75. The number of hydrogen-bond donors (Lipinski definition) is 0. The van der Waals surface area contributed by atoms with Crippen molar-refractivity contribution in [2.75, 3.05) is 26.2 Å². The van der Waals surface area contributed by atoms with Gasteiger partial charge in [0.25, 0.3) is 0 Å². The molecule has 0 spiro atoms. The van der Waals surface area contributed by atoms with Crippen LogP contribution in [0.25, 0.3) is 0 Å². The van der Waals surface area contributed by atoms with Gasteiger partial charge >= 0.3 is 0 Å². The van der Waals surface area contributed by atoms with Gasteiger partial charge in [-0.3, -0.25) is 9.80 Å². The summed E-state index contributed by atoms with van der Waals surface area (Å²) in [5.74, 6) is 1.79. The number of ether oxygens (including phenoxy) is 1. The maximum Gasteiger partial charge on any atom is 0.119 e. The molecule has 0 unspecified atom stereocenters. The van der Waals surface area contributed by atoms with Crippen molar-refractivity contribution in [2.45, 2.75) is 58.7 Å². The van der Waals surface area contributed by atoms with Gasteiger partial charge in [0.15, 0.2) is 0 Å². The van der Waals surface area contributed by atoms with E-state index >= 15 is 0 Å². The number of benzene rings is 3. The lowest BCUT2D eigenvalue weighted by Gasteiger charge is -2.32. The smallest absolute Gasteiger partial charge is 0.119 e. The van der Waals surface area contributed by atoms with Gasteiger partial charge in [-0.15, -0.1) is 24.8 Å². The zero-order valence-electron chi connectivity index (χ0n) is 22.4. The molecule has 3 aromatic rings. The number of aryl methyl sites for hydroxylation is 2. The largest absolute Gasteiger partial charge is 0.494 e. The molecule has 3 aromatic carbocycles. The van der Waals surface area contributed by atoms with E-state index in [-0.39, 0.29) is 24.8 Å². The third kappa shape index (κ3) is 8.63. The summed E-state index contributed by atoms with van der Waals surface area (Å²) in [4.78, 5) is 5.15. The number of likely N-dealkylation sites (tertiary alicyclic amines) is 1. The third-order valence-corrected chi connectivity index (χ3v) is 8.18. The molecule has 0 amide bonds. The van der Waals surface area contributed by atoms with Gasteiger partial charge < -0.3 is 4.74 Å². The molecule has 5 rings (SSSR count). The van der Waals surface area contributed by atoms with E-state index in [9.17, 15) is 0 Å². The van der Waals surface area contributed by atoms with Gasteiger partial charge in [0.05, 0.1) is 6.61 Å². The predicted molar refractivity (Wildman–Crippen MR) is 164 cm³/mol. The molecule has 0 bridgehead atoms. The summed E-state index contributed by atoms with van der Waals surface area (Å²) >= 11 is 6.15. The minimum atomic E-state index is 0. The van der Waals surface area contributed by atoms with Crippen LogP contribution >= 0.6 is 36.4 Å². The minimum Gasteiger partial charge on any atom is -0.494 e. The molecule has 0 N–H and O–H groups in total. The molecule has 38 heavy (non-hydrogen) atoms. The Labute approximate surface area is 246 Å². The Morgan fingerprint density at radius 3 is 2.45 bits per heavy atom. The number of rotatable bonds is 8. The summed E-state index contributed by atoms with van der Waals surface area (Å²) < 4.78 is 6.28. The minimum absolute atomic E-state index is 0. The summed E-state index contributed by atoms with van der Waals surface area (Å²) in [7, 11) is 0. The van der Waals surface area contributed by atoms with Crippen LogP contribution in [-0.4, -0.2) is 36.0 Å². The normalized spacial score (nSPS) is 16.6. The Morgan fingerprint density at radius 1 is 0.842 bits per heavy atom. The van der Waals surface area contributed by atoms with Crippen LogP contribution in [0.5, 0.6) is 5.75 Å². The van der Waals surface area contributed by atoms with Gasteiger partial charge in [-0.1, -0.05) is 54.1 Å². The van der Waals surface area contributed by atoms with Crippen molar-refractivity contribution in [3.8, 4) is 5.75 Å². The standard InChI is InChI=1S/C32H39ClN2O.2ClH/c1-25-6-2-3-8-29(25)23-35-16-5-9-28-11-12-32(21-30(28)24-35)36-19-15-26-13-17-34(18-14-26)22-27-7-4-10-31(33)20-27;;/h2-4,6-8,10-12,20-21,26H,5,9,13-19,22-24H2,1H3;2*1H. The SMILES string of the molecule is Cc1ccccc1CN1CCCc2ccc(OCCC3CCN(Cc4cccc(Cl)c4)CC3)cc2C1.Cl.Cl. The molecule has 2 aliphatic heterocycles. The van der Waals surface area contributed by atoms with Crippen LogP contribution in [0.4, 0.5) is 0 Å². The van der Waals surface area contributed by atoms with Crippen molar-refractivity contribution in [3.63, 3.8) is 0 Å². The molecule has 0 atom stereocenters. The first-order valence-corrected chi connectivity index (χ1v) is 14.0. The lowest BCUT2D eigenvalue weighted by molar-refractivity contribution is 0.157. The van der Waals surface area contributed by atoms with E-state index in [1.165, 1.54) is 47.1 Å². The van der Waals surface area contributed by atoms with Crippen LogP contribution in [-0.2, 0) is 26.1 Å². The summed E-state index contributed by atoms with van der Waals surface area (Å²) in [6.45, 7) is 9.52. The van der Waals surface area contributed by atoms with Gasteiger partial charge in [0, 0.05) is 24.7 Å². The van der Waals surface area contributed by atoms with Crippen molar-refractivity contribution in [3.05, 3.63) is 99.6 Å². The highest BCUT2D eigenvalue weighted by Crippen LogP contribution is 2.27. The molecule has 2 heterocycles. The number of hydrogen-bond acceptors (Lipinski definition) is 3. The summed E-state index contributed by atoms with van der Waals surface area (Å²) in [5, 5.41) is 0.830. The maximum atomic E-state index is 6.28. The highest BCUT2D eigenvalue weighted by atomic mass is 35.5. The van der Waals surface area contributed by atoms with Gasteiger partial charge in [-0.2, -0.15) is 0 Å². The molecular formula is C32H41Cl3N2O. The molecular weight excluding hydrogens is 535 g/mol. The van der Waals surface area contributed by atoms with Crippen LogP contribution in [0.15, 0.2) is 66.7 Å². The topological polar surface area (TPSA) is 15.7 Å². The van der Waals surface area contributed by atoms with Crippen molar-refractivity contribution < 1.29 is 4.74 Å². The highest BCUT2D eigenvalue weighted by Gasteiger charge is 2.20. The first-order chi connectivity index (χ1) is 17.6. The average molecular weight is 576 g/mol. The fourth-order valence-corrected chi connectivity index (χ4v) is 5.94. The van der Waals surface area contributed by atoms with Crippen LogP contribution in [0.1, 0.15) is 53.5 Å². The Morgan fingerprint density at radius 2 is 1.66 bits per heavy atom. The number of fused-ring (bicyclic) bond motifs is 1. The van der Waals surface area contributed by atoms with Gasteiger partial charge in [-0.25, -0.2) is 0 Å². The number of halogens is 3. The van der Waals surface area contributed by atoms with Crippen molar-refractivity contribution in [1.82, 2.24) is 9.80 Å². The molecule has 6 heteroatoms. The Bertz CT molecular complexity index is 1150. The van der Waals surface area contributed by atoms with Crippen LogP contribution < -0.4 is 4.74 Å². The van der Waals surface area contributed by atoms with E-state index in [1.54, 1.807) is 0 Å². The van der Waals surface area contributed by atoms with Crippen LogP contribution in [0, 0.1) is 12.8 Å². The van der Waals surface area contributed by atoms with Crippen LogP contribution in [0.3, 0.4) is 0 Å². The molecule has 206 valence electrons. The second-order valence-corrected chi connectivity index (χ2v) is 11.1. The zero-order chi connectivity index (χ0) is 24.7. The van der Waals surface area contributed by atoms with Crippen molar-refractivity contribution in [2.24, 2.45) is 5.92 Å². The van der Waals surface area contributed by atoms with Crippen molar-refractivity contribution >= 4 is 36.4 Å². The van der Waals surface area contributed by atoms with Gasteiger partial charge in [0.2, 0.25) is 0 Å². The molecule has 0 radical (unpaired) electrons. The summed E-state index contributed by atoms with van der Waals surface area (Å²) in [5.41, 5.74) is 7.06. The summed E-state index contributed by atoms with van der Waals surface area (Å²) in [6.07, 6.45) is 6.02.